The number of hydrogen-bond acceptors (Lipinski definition) is 3. The van der Waals surface area contributed by atoms with Gasteiger partial charge in [-0.15, -0.1) is 0 Å². The molecule has 1 heterocycles. The Morgan fingerprint density at radius 3 is 2.74 bits per heavy atom. The average molecular weight is 362 g/mol. The number of hydrogen-bond donors (Lipinski definition) is 1. The van der Waals surface area contributed by atoms with Crippen molar-refractivity contribution < 1.29 is 14.3 Å². The van der Waals surface area contributed by atoms with Gasteiger partial charge in [-0.3, -0.25) is 9.59 Å². The molecule has 1 aromatic rings. The Labute approximate surface area is 158 Å². The van der Waals surface area contributed by atoms with E-state index in [0.717, 1.165) is 36.3 Å². The summed E-state index contributed by atoms with van der Waals surface area (Å²) in [5.74, 6) is 0.514. The summed E-state index contributed by atoms with van der Waals surface area (Å²) >= 11 is 0. The highest BCUT2D eigenvalue weighted by molar-refractivity contribution is 6.14. The molecule has 3 aliphatic rings. The van der Waals surface area contributed by atoms with E-state index in [1.165, 1.54) is 5.57 Å². The Hall–Kier alpha value is -2.95. The Kier molecular flexibility index (Phi) is 4.52. The number of benzene rings is 1. The number of aliphatic imine (C=N–C) groups is 1. The quantitative estimate of drug-likeness (QED) is 0.891. The number of ether oxygens (including phenoxy) is 1. The maximum absolute atomic E-state index is 12.5. The van der Waals surface area contributed by atoms with Gasteiger partial charge in [0.15, 0.2) is 0 Å². The average Bonchev–Trinajstić information content (AvgIpc) is 3.12. The molecule has 0 saturated heterocycles. The van der Waals surface area contributed by atoms with Crippen molar-refractivity contribution in [2.45, 2.75) is 39.2 Å². The molecule has 0 spiro atoms. The predicted octanol–water partition coefficient (Wildman–Crippen LogP) is 3.74. The van der Waals surface area contributed by atoms with E-state index < -0.39 is 0 Å². The van der Waals surface area contributed by atoms with Gasteiger partial charge in [-0.2, -0.15) is 0 Å². The summed E-state index contributed by atoms with van der Waals surface area (Å²) in [5.41, 5.74) is 4.02. The second-order valence-electron chi connectivity index (χ2n) is 7.28. The van der Waals surface area contributed by atoms with Crippen LogP contribution in [-0.2, 0) is 4.79 Å². The lowest BCUT2D eigenvalue weighted by Gasteiger charge is -2.28. The first kappa shape index (κ1) is 17.5. The molecule has 1 atom stereocenters. The normalized spacial score (nSPS) is 22.5. The van der Waals surface area contributed by atoms with Crippen LogP contribution in [0, 0.1) is 5.92 Å². The van der Waals surface area contributed by atoms with E-state index in [9.17, 15) is 9.59 Å². The molecule has 1 unspecified atom stereocenters. The van der Waals surface area contributed by atoms with Crippen LogP contribution in [0.5, 0.6) is 5.75 Å². The van der Waals surface area contributed by atoms with E-state index in [2.05, 4.69) is 10.3 Å². The third-order valence-corrected chi connectivity index (χ3v) is 4.97. The van der Waals surface area contributed by atoms with Crippen LogP contribution in [-0.4, -0.2) is 23.6 Å². The lowest BCUT2D eigenvalue weighted by atomic mass is 9.85. The van der Waals surface area contributed by atoms with Crippen molar-refractivity contribution >= 4 is 17.5 Å². The Bertz CT molecular complexity index is 917. The molecule has 1 aromatic carbocycles. The first-order valence-corrected chi connectivity index (χ1v) is 9.34. The van der Waals surface area contributed by atoms with Gasteiger partial charge in [0.2, 0.25) is 0 Å². The maximum Gasteiger partial charge on any atom is 0.277 e. The lowest BCUT2D eigenvalue weighted by Crippen LogP contribution is -2.35. The molecule has 2 aliphatic carbocycles. The summed E-state index contributed by atoms with van der Waals surface area (Å²) in [6.07, 6.45) is 8.63. The van der Waals surface area contributed by atoms with Gasteiger partial charge in [0.1, 0.15) is 5.75 Å². The Balaban J connectivity index is 1.53. The number of fused-ring (bicyclic) bond motifs is 2. The highest BCUT2D eigenvalue weighted by Crippen LogP contribution is 2.39. The van der Waals surface area contributed by atoms with Gasteiger partial charge in [-0.1, -0.05) is 6.08 Å². The van der Waals surface area contributed by atoms with Gasteiger partial charge in [-0.25, -0.2) is 4.99 Å². The van der Waals surface area contributed by atoms with Gasteiger partial charge in [0.25, 0.3) is 11.8 Å². The van der Waals surface area contributed by atoms with Crippen LogP contribution in [0.3, 0.4) is 0 Å². The summed E-state index contributed by atoms with van der Waals surface area (Å²) in [5, 5.41) is 2.96. The number of carbonyl (C=O) groups is 2. The highest BCUT2D eigenvalue weighted by atomic mass is 16.5. The molecular formula is C22H22N2O3. The van der Waals surface area contributed by atoms with Gasteiger partial charge in [0, 0.05) is 22.8 Å². The zero-order chi connectivity index (χ0) is 19.0. The van der Waals surface area contributed by atoms with Crippen molar-refractivity contribution in [3.05, 3.63) is 64.9 Å². The monoisotopic (exact) mass is 362 g/mol. The summed E-state index contributed by atoms with van der Waals surface area (Å²) in [6, 6.07) is 6.97. The number of rotatable bonds is 3. The van der Waals surface area contributed by atoms with Crippen LogP contribution in [0.15, 0.2) is 64.3 Å². The first-order chi connectivity index (χ1) is 13.0. The molecule has 2 amide bonds. The van der Waals surface area contributed by atoms with E-state index in [-0.39, 0.29) is 23.8 Å². The fraction of sp³-hybridized carbons (Fsp3) is 0.318. The van der Waals surface area contributed by atoms with Crippen LogP contribution in [0.4, 0.5) is 0 Å². The van der Waals surface area contributed by atoms with Crippen LogP contribution < -0.4 is 10.1 Å². The van der Waals surface area contributed by atoms with Gasteiger partial charge >= 0.3 is 0 Å². The van der Waals surface area contributed by atoms with Crippen molar-refractivity contribution in [1.29, 1.82) is 0 Å². The Morgan fingerprint density at radius 1 is 1.22 bits per heavy atom. The molecule has 0 radical (unpaired) electrons. The van der Waals surface area contributed by atoms with Crippen molar-refractivity contribution in [1.82, 2.24) is 5.32 Å². The van der Waals surface area contributed by atoms with Crippen LogP contribution in [0.1, 0.15) is 43.5 Å². The first-order valence-electron chi connectivity index (χ1n) is 9.34. The second kappa shape index (κ2) is 6.99. The van der Waals surface area contributed by atoms with Crippen LogP contribution in [0.25, 0.3) is 0 Å². The number of allylic oxidation sites excluding steroid dienone is 3. The van der Waals surface area contributed by atoms with E-state index in [1.54, 1.807) is 30.3 Å². The van der Waals surface area contributed by atoms with Crippen LogP contribution >= 0.6 is 0 Å². The van der Waals surface area contributed by atoms with E-state index >= 15 is 0 Å². The molecule has 5 heteroatoms. The van der Waals surface area contributed by atoms with E-state index in [1.807, 2.05) is 26.0 Å². The summed E-state index contributed by atoms with van der Waals surface area (Å²) in [4.78, 5) is 28.9. The Morgan fingerprint density at radius 2 is 2.00 bits per heavy atom. The van der Waals surface area contributed by atoms with Crippen LogP contribution in [0.2, 0.25) is 0 Å². The molecule has 0 aromatic heterocycles. The van der Waals surface area contributed by atoms with Crippen molar-refractivity contribution in [2.75, 3.05) is 0 Å². The minimum atomic E-state index is -0.316. The molecule has 1 N–H and O–H groups in total. The van der Waals surface area contributed by atoms with Crippen molar-refractivity contribution in [3.63, 3.8) is 0 Å². The van der Waals surface area contributed by atoms with Gasteiger partial charge in [-0.05, 0) is 75.1 Å². The molecule has 138 valence electrons. The molecule has 0 saturated carbocycles. The number of amides is 2. The van der Waals surface area contributed by atoms with Crippen molar-refractivity contribution in [3.8, 4) is 5.75 Å². The standard InChI is InChI=1S/C22H22N2O3/c1-13(2)27-16-9-6-14(7-10-16)21(25)23-15-8-11-18-17-4-3-5-19(17)22(26)24-20(18)12-15/h6-13,18H,3-5H2,1-2H3,(H,24,26). The minimum Gasteiger partial charge on any atom is -0.491 e. The topological polar surface area (TPSA) is 67.8 Å². The molecule has 27 heavy (non-hydrogen) atoms. The van der Waals surface area contributed by atoms with E-state index in [0.29, 0.717) is 11.3 Å². The molecule has 1 aliphatic heterocycles. The predicted molar refractivity (Wildman–Crippen MR) is 104 cm³/mol. The fourth-order valence-electron chi connectivity index (χ4n) is 3.79. The smallest absolute Gasteiger partial charge is 0.277 e. The molecule has 0 fully saturated rings. The number of nitrogens with one attached hydrogen (secondary N) is 1. The fourth-order valence-corrected chi connectivity index (χ4v) is 3.79. The SMILES string of the molecule is CC(C)Oc1ccc(C(=O)N=C2C=CC3C(=C2)NC(=O)C2=C3CCC2)cc1. The second-order valence-corrected chi connectivity index (χ2v) is 7.28. The lowest BCUT2D eigenvalue weighted by molar-refractivity contribution is -0.117. The number of carbonyl (C=O) groups excluding carboxylic acids is 2. The summed E-state index contributed by atoms with van der Waals surface area (Å²) < 4.78 is 5.59. The van der Waals surface area contributed by atoms with E-state index in [4.69, 9.17) is 4.74 Å². The minimum absolute atomic E-state index is 0.00767. The number of nitrogens with zero attached hydrogens (tertiary/aromatic N) is 1. The zero-order valence-corrected chi connectivity index (χ0v) is 15.5. The van der Waals surface area contributed by atoms with Crippen molar-refractivity contribution in [2.24, 2.45) is 10.9 Å². The molecular weight excluding hydrogens is 340 g/mol. The summed E-state index contributed by atoms with van der Waals surface area (Å²) in [6.45, 7) is 3.91. The summed E-state index contributed by atoms with van der Waals surface area (Å²) in [7, 11) is 0. The molecule has 0 bridgehead atoms. The maximum atomic E-state index is 12.5. The van der Waals surface area contributed by atoms with Gasteiger partial charge in [0.05, 0.1) is 11.8 Å². The third kappa shape index (κ3) is 3.50. The highest BCUT2D eigenvalue weighted by Gasteiger charge is 2.34. The molecule has 4 rings (SSSR count). The largest absolute Gasteiger partial charge is 0.491 e. The van der Waals surface area contributed by atoms with Gasteiger partial charge < -0.3 is 10.1 Å². The molecule has 5 nitrogen and oxygen atoms in total. The third-order valence-electron chi connectivity index (χ3n) is 4.97. The zero-order valence-electron chi connectivity index (χ0n) is 15.5.